The Hall–Kier alpha value is -10.4. The molecular formula is C79H52B3N5OS2. The van der Waals surface area contributed by atoms with E-state index in [1.165, 1.54) is 125 Å². The highest BCUT2D eigenvalue weighted by Gasteiger charge is 2.51. The second kappa shape index (κ2) is 18.8. The Morgan fingerprint density at radius 3 is 1.09 bits per heavy atom. The minimum atomic E-state index is -0.197. The first-order chi connectivity index (χ1) is 44.4. The average molecular weight is 1180 g/mol. The van der Waals surface area contributed by atoms with Gasteiger partial charge in [-0.15, -0.1) is 22.7 Å². The number of ether oxygens (including phenoxy) is 1. The smallest absolute Gasteiger partial charge is 0.268 e. The van der Waals surface area contributed by atoms with Gasteiger partial charge in [0.25, 0.3) is 20.1 Å². The van der Waals surface area contributed by atoms with E-state index >= 15 is 0 Å². The second-order valence-electron chi connectivity index (χ2n) is 24.9. The van der Waals surface area contributed by atoms with Gasteiger partial charge in [-0.05, 0) is 203 Å². The van der Waals surface area contributed by atoms with E-state index in [0.29, 0.717) is 0 Å². The number of rotatable bonds is 5. The van der Waals surface area contributed by atoms with Gasteiger partial charge in [0.05, 0.1) is 5.69 Å². The Balaban J connectivity index is 0.928. The lowest BCUT2D eigenvalue weighted by molar-refractivity contribution is 0.494. The van der Waals surface area contributed by atoms with Crippen molar-refractivity contribution in [3.05, 3.63) is 278 Å². The van der Waals surface area contributed by atoms with Crippen LogP contribution in [0.2, 0.25) is 0 Å². The highest BCUT2D eigenvalue weighted by molar-refractivity contribution is 7.34. The lowest BCUT2D eigenvalue weighted by Gasteiger charge is -2.47. The molecule has 0 radical (unpaired) electrons. The van der Waals surface area contributed by atoms with Gasteiger partial charge in [0.1, 0.15) is 11.5 Å². The van der Waals surface area contributed by atoms with Crippen molar-refractivity contribution in [3.63, 3.8) is 0 Å². The fourth-order valence-electron chi connectivity index (χ4n) is 16.2. The largest absolute Gasteiger partial charge is 0.457 e. The lowest BCUT2D eigenvalue weighted by Crippen LogP contribution is -2.66. The summed E-state index contributed by atoms with van der Waals surface area (Å²) in [6, 6.07) is 98.3. The summed E-state index contributed by atoms with van der Waals surface area (Å²) >= 11 is 3.84. The van der Waals surface area contributed by atoms with Gasteiger partial charge in [0.15, 0.2) is 0 Å². The first kappa shape index (κ1) is 50.5. The number of hydrogen-bond acceptors (Lipinski definition) is 8. The van der Waals surface area contributed by atoms with Crippen LogP contribution in [0.3, 0.4) is 0 Å². The predicted octanol–water partition coefficient (Wildman–Crippen LogP) is 15.6. The standard InChI is InChI=1S/C79H52B3N5OS2/c1-47-37-65-73-66(38-47)84(51-25-11-5-12-26-51)62-46-64-60(82-75-69(86(64)53-29-15-7-16-30-53)41-49(3)42-70(75)88-77-56-34-20-22-36-72(56)90-79(77)82)44-58(62)80(73)57-43-59-63(45-61(57)83(65)50-23-9-4-10-24-50)85(52-27-13-6-14-28-52)67-39-48(2)40-68-74(67)81(59)78-76(55-33-19-21-35-71(55)89-78)87(68)54-31-17-8-18-32-54/h4-46H,1-3H3. The number of para-hydroxylation sites is 5. The van der Waals surface area contributed by atoms with Crippen molar-refractivity contribution in [3.8, 4) is 11.5 Å². The highest BCUT2D eigenvalue weighted by atomic mass is 32.1. The maximum atomic E-state index is 7.27. The molecule has 420 valence electrons. The van der Waals surface area contributed by atoms with Crippen LogP contribution in [0.15, 0.2) is 261 Å². The van der Waals surface area contributed by atoms with Crippen molar-refractivity contribution in [1.82, 2.24) is 0 Å². The Morgan fingerprint density at radius 1 is 0.289 bits per heavy atom. The molecule has 0 saturated heterocycles. The van der Waals surface area contributed by atoms with Crippen LogP contribution in [0, 0.1) is 20.8 Å². The van der Waals surface area contributed by atoms with Gasteiger partial charge in [-0.1, -0.05) is 133 Å². The van der Waals surface area contributed by atoms with Crippen molar-refractivity contribution in [1.29, 1.82) is 0 Å². The molecule has 0 bridgehead atoms. The Bertz CT molecular complexity index is 5370. The topological polar surface area (TPSA) is 25.4 Å². The molecular weight excluding hydrogens is 1130 g/mol. The van der Waals surface area contributed by atoms with Gasteiger partial charge < -0.3 is 29.2 Å². The Labute approximate surface area is 531 Å². The number of aryl methyl sites for hydroxylation is 3. The first-order valence-corrected chi connectivity index (χ1v) is 32.8. The SMILES string of the molecule is Cc1cc2c3c(c1)N(c1ccccc1)c1cc4c(cc1B3c1sc3ccccc3c1O2)B1c2cc3c(cc2N(c2ccccc2)c2cc(C)cc(c21)N4c1ccccc1)N(c1ccccc1)c1cc(C)cc2c1B3c1sc3ccccc3c1N2c1ccccc1. The zero-order chi connectivity index (χ0) is 59.2. The molecule has 0 fully saturated rings. The molecule has 0 N–H and O–H groups in total. The van der Waals surface area contributed by atoms with E-state index in [9.17, 15) is 0 Å². The summed E-state index contributed by atoms with van der Waals surface area (Å²) in [7, 11) is 0. The molecule has 0 atom stereocenters. The fraction of sp³-hybridized carbons (Fsp3) is 0.0380. The number of nitrogens with zero attached hydrogens (tertiary/aromatic N) is 5. The van der Waals surface area contributed by atoms with Gasteiger partial charge >= 0.3 is 0 Å². The van der Waals surface area contributed by atoms with E-state index in [0.717, 1.165) is 56.6 Å². The first-order valence-electron chi connectivity index (χ1n) is 31.2. The van der Waals surface area contributed by atoms with Gasteiger partial charge in [0, 0.05) is 109 Å². The van der Waals surface area contributed by atoms with Crippen LogP contribution in [0.25, 0.3) is 20.2 Å². The molecule has 0 aliphatic carbocycles. The lowest BCUT2D eigenvalue weighted by atomic mass is 9.30. The number of fused-ring (bicyclic) bond motifs is 16. The molecule has 8 heterocycles. The Kier molecular flexibility index (Phi) is 10.6. The summed E-state index contributed by atoms with van der Waals surface area (Å²) < 4.78 is 12.4. The van der Waals surface area contributed by atoms with Crippen molar-refractivity contribution < 1.29 is 4.74 Å². The molecule has 11 heteroatoms. The molecule has 90 heavy (non-hydrogen) atoms. The quantitative estimate of drug-likeness (QED) is 0.159. The van der Waals surface area contributed by atoms with Gasteiger partial charge in [-0.25, -0.2) is 0 Å². The zero-order valence-corrected chi connectivity index (χ0v) is 51.2. The maximum absolute atomic E-state index is 7.27. The van der Waals surface area contributed by atoms with Gasteiger partial charge in [-0.3, -0.25) is 0 Å². The van der Waals surface area contributed by atoms with Crippen LogP contribution < -0.4 is 77.0 Å². The van der Waals surface area contributed by atoms with Crippen LogP contribution >= 0.6 is 22.7 Å². The van der Waals surface area contributed by atoms with E-state index in [1.54, 1.807) is 0 Å². The highest BCUT2D eigenvalue weighted by Crippen LogP contribution is 2.53. The molecule has 6 nitrogen and oxygen atoms in total. The van der Waals surface area contributed by atoms with E-state index in [2.05, 4.69) is 306 Å². The minimum absolute atomic E-state index is 0.0915. The van der Waals surface area contributed by atoms with Crippen molar-refractivity contribution in [2.75, 3.05) is 24.5 Å². The van der Waals surface area contributed by atoms with Crippen LogP contribution in [0.1, 0.15) is 16.7 Å². The monoisotopic (exact) mass is 1180 g/mol. The number of anilines is 15. The summed E-state index contributed by atoms with van der Waals surface area (Å²) in [4.78, 5) is 12.9. The third-order valence-electron chi connectivity index (χ3n) is 19.7. The van der Waals surface area contributed by atoms with Crippen LogP contribution in [0.5, 0.6) is 11.5 Å². The molecule has 12 aromatic carbocycles. The van der Waals surface area contributed by atoms with Crippen LogP contribution in [0.4, 0.5) is 85.3 Å². The number of thiophene rings is 2. The number of benzene rings is 12. The van der Waals surface area contributed by atoms with Crippen LogP contribution in [-0.2, 0) is 0 Å². The van der Waals surface area contributed by atoms with E-state index < -0.39 is 0 Å². The maximum Gasteiger partial charge on any atom is 0.268 e. The third-order valence-corrected chi connectivity index (χ3v) is 22.1. The average Bonchev–Trinajstić information content (AvgIpc) is 0.962. The van der Waals surface area contributed by atoms with E-state index in [1.807, 2.05) is 22.7 Å². The summed E-state index contributed by atoms with van der Waals surface area (Å²) in [5.74, 6) is 1.90. The molecule has 0 amide bonds. The molecule has 6 aliphatic heterocycles. The number of hydrogen-bond donors (Lipinski definition) is 0. The molecule has 14 aromatic rings. The summed E-state index contributed by atoms with van der Waals surface area (Å²) in [6.07, 6.45) is 0. The summed E-state index contributed by atoms with van der Waals surface area (Å²) in [6.45, 7) is 6.37. The van der Waals surface area contributed by atoms with Crippen molar-refractivity contribution in [2.24, 2.45) is 0 Å². The molecule has 6 aliphatic rings. The molecule has 0 spiro atoms. The zero-order valence-electron chi connectivity index (χ0n) is 49.5. The van der Waals surface area contributed by atoms with E-state index in [-0.39, 0.29) is 20.1 Å². The normalized spacial score (nSPS) is 14.1. The third kappa shape index (κ3) is 6.96. The summed E-state index contributed by atoms with van der Waals surface area (Å²) in [5.41, 5.74) is 30.1. The van der Waals surface area contributed by atoms with Gasteiger partial charge in [0.2, 0.25) is 0 Å². The van der Waals surface area contributed by atoms with E-state index in [4.69, 9.17) is 4.74 Å². The second-order valence-corrected chi connectivity index (χ2v) is 27.1. The predicted molar refractivity (Wildman–Crippen MR) is 385 cm³/mol. The Morgan fingerprint density at radius 2 is 0.622 bits per heavy atom. The molecule has 0 unspecified atom stereocenters. The molecule has 2 aromatic heterocycles. The molecule has 0 saturated carbocycles. The fourth-order valence-corrected chi connectivity index (χ4v) is 18.8. The molecule has 20 rings (SSSR count). The van der Waals surface area contributed by atoms with Crippen molar-refractivity contribution in [2.45, 2.75) is 20.8 Å². The van der Waals surface area contributed by atoms with Crippen molar-refractivity contribution >= 4 is 196 Å². The van der Waals surface area contributed by atoms with Gasteiger partial charge in [-0.2, -0.15) is 0 Å². The minimum Gasteiger partial charge on any atom is -0.457 e. The van der Waals surface area contributed by atoms with Crippen LogP contribution in [-0.4, -0.2) is 20.1 Å². The summed E-state index contributed by atoms with van der Waals surface area (Å²) in [5, 5.41) is 2.43.